The van der Waals surface area contributed by atoms with E-state index in [1.165, 1.54) is 55.7 Å². The molecule has 8 nitrogen and oxygen atoms in total. The van der Waals surface area contributed by atoms with Gasteiger partial charge in [0.15, 0.2) is 0 Å². The number of ether oxygens (including phenoxy) is 1. The van der Waals surface area contributed by atoms with E-state index in [2.05, 4.69) is 50.4 Å². The largest absolute Gasteiger partial charge is 0.489 e. The highest BCUT2D eigenvalue weighted by Crippen LogP contribution is 2.40. The van der Waals surface area contributed by atoms with Crippen molar-refractivity contribution in [3.63, 3.8) is 0 Å². The number of fused-ring (bicyclic) bond motifs is 1. The van der Waals surface area contributed by atoms with Gasteiger partial charge in [0.2, 0.25) is 0 Å². The van der Waals surface area contributed by atoms with E-state index in [9.17, 15) is 9.59 Å². The molecule has 1 saturated carbocycles. The Balaban J connectivity index is 0.000000156. The zero-order valence-corrected chi connectivity index (χ0v) is 25.1. The fourth-order valence-electron chi connectivity index (χ4n) is 6.32. The molecular formula is C36H37N5O3. The van der Waals surface area contributed by atoms with Crippen LogP contribution in [0.15, 0.2) is 101 Å². The predicted molar refractivity (Wildman–Crippen MR) is 174 cm³/mol. The maximum absolute atomic E-state index is 11.1. The van der Waals surface area contributed by atoms with Crippen LogP contribution in [0.2, 0.25) is 0 Å². The number of anilines is 1. The first-order chi connectivity index (χ1) is 21.4. The minimum absolute atomic E-state index is 0.166. The Bertz CT molecular complexity index is 1800. The van der Waals surface area contributed by atoms with E-state index >= 15 is 0 Å². The van der Waals surface area contributed by atoms with Gasteiger partial charge in [-0.2, -0.15) is 10.2 Å². The van der Waals surface area contributed by atoms with Crippen molar-refractivity contribution in [3.8, 4) is 28.3 Å². The van der Waals surface area contributed by atoms with E-state index in [4.69, 9.17) is 4.74 Å². The molecule has 1 aliphatic heterocycles. The van der Waals surface area contributed by atoms with Gasteiger partial charge < -0.3 is 9.64 Å². The number of nitrogens with zero attached hydrogens (tertiary/aromatic N) is 3. The van der Waals surface area contributed by atoms with Crippen LogP contribution in [0.3, 0.4) is 0 Å². The molecule has 0 amide bonds. The standard InChI is InChI=1S/C18H21N3O.C18H16N2O2/c1-12-9-13(16-6-8-18(22)20-19-16)5-7-17(12)21-10-14-3-2-4-15(14)11-21;1-13-11-15(16-8-10-18(21)20-19-16)7-9-17(13)22-12-14-5-3-2-4-6-14/h5-9,14-15H,2-4,10-11H2,1H3,(H,20,22);2-11H,12H2,1H3,(H,20,21). The summed E-state index contributed by atoms with van der Waals surface area (Å²) in [5.41, 5.74) is 7.97. The number of benzene rings is 3. The molecule has 2 fully saturated rings. The van der Waals surface area contributed by atoms with Crippen LogP contribution in [0.4, 0.5) is 5.69 Å². The molecule has 1 saturated heterocycles. The molecule has 1 aliphatic carbocycles. The third kappa shape index (κ3) is 6.80. The average Bonchev–Trinajstić information content (AvgIpc) is 3.65. The second-order valence-corrected chi connectivity index (χ2v) is 11.7. The van der Waals surface area contributed by atoms with Crippen LogP contribution in [0.1, 0.15) is 36.0 Å². The number of aryl methyl sites for hydroxylation is 2. The maximum Gasteiger partial charge on any atom is 0.264 e. The molecule has 7 rings (SSSR count). The second-order valence-electron chi connectivity index (χ2n) is 11.7. The Kier molecular flexibility index (Phi) is 8.68. The molecule has 2 N–H and O–H groups in total. The summed E-state index contributed by atoms with van der Waals surface area (Å²) in [7, 11) is 0. The van der Waals surface area contributed by atoms with Gasteiger partial charge in [0.25, 0.3) is 11.1 Å². The monoisotopic (exact) mass is 587 g/mol. The van der Waals surface area contributed by atoms with Crippen molar-refractivity contribution in [2.24, 2.45) is 11.8 Å². The maximum atomic E-state index is 11.1. The van der Waals surface area contributed by atoms with E-state index in [1.807, 2.05) is 55.5 Å². The van der Waals surface area contributed by atoms with Crippen LogP contribution in [0.5, 0.6) is 5.75 Å². The molecule has 2 aromatic heterocycles. The van der Waals surface area contributed by atoms with Gasteiger partial charge in [0, 0.05) is 42.0 Å². The SMILES string of the molecule is Cc1cc(-c2ccc(=O)[nH]n2)ccc1N1CC2CCCC2C1.Cc1cc(-c2ccc(=O)[nH]n2)ccc1OCc1ccccc1. The van der Waals surface area contributed by atoms with Crippen molar-refractivity contribution < 1.29 is 4.74 Å². The molecule has 3 aromatic carbocycles. The Morgan fingerprint density at radius 3 is 1.86 bits per heavy atom. The third-order valence-electron chi connectivity index (χ3n) is 8.63. The lowest BCUT2D eigenvalue weighted by Crippen LogP contribution is -2.21. The highest BCUT2D eigenvalue weighted by Gasteiger charge is 2.36. The fourth-order valence-corrected chi connectivity index (χ4v) is 6.32. The highest BCUT2D eigenvalue weighted by atomic mass is 16.5. The lowest BCUT2D eigenvalue weighted by atomic mass is 10.0. The number of rotatable bonds is 6. The topological polar surface area (TPSA) is 104 Å². The predicted octanol–water partition coefficient (Wildman–Crippen LogP) is 6.31. The molecule has 2 atom stereocenters. The molecule has 224 valence electrons. The summed E-state index contributed by atoms with van der Waals surface area (Å²) in [5.74, 6) is 2.65. The number of aromatic amines is 2. The van der Waals surface area contributed by atoms with E-state index < -0.39 is 0 Å². The molecule has 0 bridgehead atoms. The van der Waals surface area contributed by atoms with Crippen LogP contribution >= 0.6 is 0 Å². The van der Waals surface area contributed by atoms with Crippen molar-refractivity contribution in [1.82, 2.24) is 20.4 Å². The summed E-state index contributed by atoms with van der Waals surface area (Å²) in [5, 5.41) is 13.1. The summed E-state index contributed by atoms with van der Waals surface area (Å²) >= 11 is 0. The van der Waals surface area contributed by atoms with Crippen molar-refractivity contribution in [3.05, 3.63) is 128 Å². The summed E-state index contributed by atoms with van der Waals surface area (Å²) in [6.45, 7) is 7.12. The van der Waals surface area contributed by atoms with Crippen molar-refractivity contribution in [2.75, 3.05) is 18.0 Å². The number of H-pyrrole nitrogens is 2. The van der Waals surface area contributed by atoms with Crippen LogP contribution in [-0.2, 0) is 6.61 Å². The van der Waals surface area contributed by atoms with Gasteiger partial charge in [-0.3, -0.25) is 9.59 Å². The fraction of sp³-hybridized carbons (Fsp3) is 0.278. The summed E-state index contributed by atoms with van der Waals surface area (Å²) in [6.07, 6.45) is 4.22. The van der Waals surface area contributed by atoms with E-state index in [-0.39, 0.29) is 11.1 Å². The number of nitrogens with one attached hydrogen (secondary N) is 2. The van der Waals surface area contributed by atoms with Crippen LogP contribution in [0.25, 0.3) is 22.5 Å². The molecule has 2 unspecified atom stereocenters. The van der Waals surface area contributed by atoms with Gasteiger partial charge in [-0.25, -0.2) is 10.2 Å². The van der Waals surface area contributed by atoms with Gasteiger partial charge >= 0.3 is 0 Å². The highest BCUT2D eigenvalue weighted by molar-refractivity contribution is 5.66. The van der Waals surface area contributed by atoms with Gasteiger partial charge in [0.1, 0.15) is 12.4 Å². The summed E-state index contributed by atoms with van der Waals surface area (Å²) in [6, 6.07) is 28.9. The molecule has 3 heterocycles. The Morgan fingerprint density at radius 1 is 0.727 bits per heavy atom. The number of aromatic nitrogens is 4. The summed E-state index contributed by atoms with van der Waals surface area (Å²) in [4.78, 5) is 24.7. The molecule has 5 aromatic rings. The van der Waals surface area contributed by atoms with E-state index in [0.29, 0.717) is 6.61 Å². The second kappa shape index (κ2) is 13.1. The molecule has 0 spiro atoms. The zero-order valence-electron chi connectivity index (χ0n) is 25.1. The first-order valence-electron chi connectivity index (χ1n) is 15.2. The Labute approximate surface area is 256 Å². The zero-order chi connectivity index (χ0) is 30.5. The lowest BCUT2D eigenvalue weighted by Gasteiger charge is -2.22. The number of hydrogen-bond acceptors (Lipinski definition) is 6. The molecule has 44 heavy (non-hydrogen) atoms. The van der Waals surface area contributed by atoms with Crippen molar-refractivity contribution in [2.45, 2.75) is 39.7 Å². The number of hydrogen-bond donors (Lipinski definition) is 2. The van der Waals surface area contributed by atoms with Gasteiger partial charge in [-0.15, -0.1) is 0 Å². The quantitative estimate of drug-likeness (QED) is 0.241. The first-order valence-corrected chi connectivity index (χ1v) is 15.2. The van der Waals surface area contributed by atoms with Crippen molar-refractivity contribution >= 4 is 5.69 Å². The first kappa shape index (κ1) is 29.1. The molecule has 0 radical (unpaired) electrons. The van der Waals surface area contributed by atoms with Crippen LogP contribution in [0, 0.1) is 25.7 Å². The van der Waals surface area contributed by atoms with Crippen molar-refractivity contribution in [1.29, 1.82) is 0 Å². The van der Waals surface area contributed by atoms with Crippen LogP contribution < -0.4 is 20.8 Å². The smallest absolute Gasteiger partial charge is 0.264 e. The molecule has 2 aliphatic rings. The van der Waals surface area contributed by atoms with Crippen LogP contribution in [-0.4, -0.2) is 33.5 Å². The van der Waals surface area contributed by atoms with E-state index in [0.717, 1.165) is 51.2 Å². The third-order valence-corrected chi connectivity index (χ3v) is 8.63. The van der Waals surface area contributed by atoms with Gasteiger partial charge in [-0.05, 0) is 97.7 Å². The summed E-state index contributed by atoms with van der Waals surface area (Å²) < 4.78 is 5.85. The molecular weight excluding hydrogens is 550 g/mol. The normalized spacial score (nSPS) is 17.1. The Morgan fingerprint density at radius 2 is 1.32 bits per heavy atom. The van der Waals surface area contributed by atoms with E-state index in [1.54, 1.807) is 12.1 Å². The Hall–Kier alpha value is -4.98. The average molecular weight is 588 g/mol. The molecule has 8 heteroatoms. The lowest BCUT2D eigenvalue weighted by molar-refractivity contribution is 0.304. The van der Waals surface area contributed by atoms with Gasteiger partial charge in [0.05, 0.1) is 11.4 Å². The minimum Gasteiger partial charge on any atom is -0.489 e. The minimum atomic E-state index is -0.205. The van der Waals surface area contributed by atoms with Gasteiger partial charge in [-0.1, -0.05) is 42.8 Å².